The summed E-state index contributed by atoms with van der Waals surface area (Å²) >= 11 is 0. The Bertz CT molecular complexity index is 813. The highest BCUT2D eigenvalue weighted by Gasteiger charge is 2.42. The van der Waals surface area contributed by atoms with E-state index in [2.05, 4.69) is 11.0 Å². The summed E-state index contributed by atoms with van der Waals surface area (Å²) < 4.78 is 38.3. The van der Waals surface area contributed by atoms with Crippen molar-refractivity contribution in [3.63, 3.8) is 0 Å². The number of ether oxygens (including phenoxy) is 2. The summed E-state index contributed by atoms with van der Waals surface area (Å²) in [5.41, 5.74) is 1.83. The van der Waals surface area contributed by atoms with Gasteiger partial charge in [0, 0.05) is 44.6 Å². The van der Waals surface area contributed by atoms with Crippen molar-refractivity contribution in [3.8, 4) is 5.75 Å². The van der Waals surface area contributed by atoms with Gasteiger partial charge in [-0.1, -0.05) is 24.3 Å². The zero-order valence-corrected chi connectivity index (χ0v) is 16.7. The van der Waals surface area contributed by atoms with Gasteiger partial charge in [0.15, 0.2) is 0 Å². The zero-order valence-electron chi connectivity index (χ0n) is 15.9. The van der Waals surface area contributed by atoms with Crippen LogP contribution in [0.3, 0.4) is 0 Å². The highest BCUT2D eigenvalue weighted by atomic mass is 32.2. The van der Waals surface area contributed by atoms with E-state index >= 15 is 0 Å². The SMILES string of the molecule is CS(=O)(=O)N1Cc2ccccc2OC2(CCN(CC3=CCCOC3)CC2)C1. The number of rotatable bonds is 3. The number of nitrogens with zero attached hydrogens (tertiary/aromatic N) is 2. The molecule has 1 aromatic carbocycles. The fraction of sp³-hybridized carbons (Fsp3) is 0.600. The number of fused-ring (bicyclic) bond motifs is 1. The molecule has 0 atom stereocenters. The first-order chi connectivity index (χ1) is 12.9. The van der Waals surface area contributed by atoms with Gasteiger partial charge in [-0.3, -0.25) is 4.90 Å². The molecule has 4 rings (SSSR count). The third-order valence-electron chi connectivity index (χ3n) is 5.76. The van der Waals surface area contributed by atoms with E-state index in [4.69, 9.17) is 9.47 Å². The van der Waals surface area contributed by atoms with Crippen molar-refractivity contribution in [3.05, 3.63) is 41.5 Å². The summed E-state index contributed by atoms with van der Waals surface area (Å²) in [6.07, 6.45) is 6.22. The van der Waals surface area contributed by atoms with Crippen LogP contribution in [0.5, 0.6) is 5.75 Å². The van der Waals surface area contributed by atoms with E-state index in [1.165, 1.54) is 11.8 Å². The van der Waals surface area contributed by atoms with Crippen molar-refractivity contribution in [1.29, 1.82) is 0 Å². The van der Waals surface area contributed by atoms with Crippen LogP contribution in [0.4, 0.5) is 0 Å². The average Bonchev–Trinajstić information content (AvgIpc) is 2.81. The van der Waals surface area contributed by atoms with Crippen LogP contribution in [0.2, 0.25) is 0 Å². The van der Waals surface area contributed by atoms with Gasteiger partial charge in [-0.25, -0.2) is 8.42 Å². The molecule has 1 spiro atoms. The molecule has 3 aliphatic rings. The lowest BCUT2D eigenvalue weighted by Gasteiger charge is -2.42. The normalized spacial score (nSPS) is 24.0. The Morgan fingerprint density at radius 3 is 2.67 bits per heavy atom. The van der Waals surface area contributed by atoms with E-state index in [9.17, 15) is 8.42 Å². The number of para-hydroxylation sites is 1. The van der Waals surface area contributed by atoms with E-state index in [1.54, 1.807) is 4.31 Å². The minimum absolute atomic E-state index is 0.380. The van der Waals surface area contributed by atoms with Gasteiger partial charge in [-0.15, -0.1) is 0 Å². The third kappa shape index (κ3) is 4.37. The number of likely N-dealkylation sites (tertiary alicyclic amines) is 1. The van der Waals surface area contributed by atoms with Gasteiger partial charge in [0.25, 0.3) is 0 Å². The second kappa shape index (κ2) is 7.54. The van der Waals surface area contributed by atoms with E-state index in [1.807, 2.05) is 24.3 Å². The zero-order chi connectivity index (χ0) is 18.9. The van der Waals surface area contributed by atoms with Crippen LogP contribution in [-0.2, 0) is 21.3 Å². The van der Waals surface area contributed by atoms with Crippen molar-refractivity contribution >= 4 is 10.0 Å². The molecule has 1 saturated heterocycles. The lowest BCUT2D eigenvalue weighted by Crippen LogP contribution is -2.54. The molecule has 0 saturated carbocycles. The lowest BCUT2D eigenvalue weighted by atomic mass is 9.90. The van der Waals surface area contributed by atoms with E-state index in [0.29, 0.717) is 13.1 Å². The molecule has 0 radical (unpaired) electrons. The molecule has 1 aromatic rings. The molecule has 0 N–H and O–H groups in total. The first kappa shape index (κ1) is 18.9. The molecule has 0 amide bonds. The summed E-state index contributed by atoms with van der Waals surface area (Å²) in [7, 11) is -3.29. The Morgan fingerprint density at radius 1 is 1.19 bits per heavy atom. The van der Waals surface area contributed by atoms with Gasteiger partial charge < -0.3 is 9.47 Å². The molecule has 0 bridgehead atoms. The minimum Gasteiger partial charge on any atom is -0.485 e. The number of hydrogen-bond donors (Lipinski definition) is 0. The van der Waals surface area contributed by atoms with Crippen molar-refractivity contribution in [2.45, 2.75) is 31.4 Å². The number of piperidine rings is 1. The monoisotopic (exact) mass is 392 g/mol. The highest BCUT2D eigenvalue weighted by molar-refractivity contribution is 7.88. The molecule has 27 heavy (non-hydrogen) atoms. The first-order valence-corrected chi connectivity index (χ1v) is 11.5. The van der Waals surface area contributed by atoms with Crippen molar-refractivity contribution in [1.82, 2.24) is 9.21 Å². The molecule has 6 nitrogen and oxygen atoms in total. The van der Waals surface area contributed by atoms with Crippen molar-refractivity contribution in [2.75, 3.05) is 45.6 Å². The van der Waals surface area contributed by atoms with Crippen LogP contribution in [0, 0.1) is 0 Å². The molecule has 0 aliphatic carbocycles. The lowest BCUT2D eigenvalue weighted by molar-refractivity contribution is -0.00434. The standard InChI is InChI=1S/C20H28N2O4S/c1-27(23,24)22-14-18-6-2-3-7-19(18)26-20(16-22)8-10-21(11-9-20)13-17-5-4-12-25-15-17/h2-3,5-7H,4,8-16H2,1H3. The molecule has 0 unspecified atom stereocenters. The number of benzene rings is 1. The molecule has 7 heteroatoms. The van der Waals surface area contributed by atoms with Gasteiger partial charge >= 0.3 is 0 Å². The second-order valence-corrected chi connectivity index (χ2v) is 9.89. The first-order valence-electron chi connectivity index (χ1n) is 9.64. The van der Waals surface area contributed by atoms with E-state index in [-0.39, 0.29) is 0 Å². The van der Waals surface area contributed by atoms with Crippen LogP contribution in [0.25, 0.3) is 0 Å². The van der Waals surface area contributed by atoms with Crippen molar-refractivity contribution < 1.29 is 17.9 Å². The molecular weight excluding hydrogens is 364 g/mol. The maximum atomic E-state index is 12.3. The van der Waals surface area contributed by atoms with Crippen LogP contribution < -0.4 is 4.74 Å². The van der Waals surface area contributed by atoms with E-state index in [0.717, 1.165) is 63.4 Å². The highest BCUT2D eigenvalue weighted by Crippen LogP contribution is 2.36. The number of sulfonamides is 1. The third-order valence-corrected chi connectivity index (χ3v) is 6.95. The Morgan fingerprint density at radius 2 is 1.96 bits per heavy atom. The molecular formula is C20H28N2O4S. The van der Waals surface area contributed by atoms with Gasteiger partial charge in [-0.2, -0.15) is 4.31 Å². The van der Waals surface area contributed by atoms with Gasteiger partial charge in [0.2, 0.25) is 10.0 Å². The summed E-state index contributed by atoms with van der Waals surface area (Å²) in [6.45, 7) is 5.08. The largest absolute Gasteiger partial charge is 0.485 e. The molecule has 0 aromatic heterocycles. The quantitative estimate of drug-likeness (QED) is 0.737. The molecule has 3 aliphatic heterocycles. The maximum absolute atomic E-state index is 12.3. The summed E-state index contributed by atoms with van der Waals surface area (Å²) in [4.78, 5) is 2.43. The van der Waals surface area contributed by atoms with Crippen LogP contribution in [0.1, 0.15) is 24.8 Å². The fourth-order valence-electron chi connectivity index (χ4n) is 4.19. The Balaban J connectivity index is 1.51. The summed E-state index contributed by atoms with van der Waals surface area (Å²) in [5, 5.41) is 0. The predicted molar refractivity (Wildman–Crippen MR) is 104 cm³/mol. The van der Waals surface area contributed by atoms with Crippen LogP contribution in [0.15, 0.2) is 35.9 Å². The predicted octanol–water partition coefficient (Wildman–Crippen LogP) is 2.02. The van der Waals surface area contributed by atoms with Crippen LogP contribution >= 0.6 is 0 Å². The molecule has 3 heterocycles. The van der Waals surface area contributed by atoms with Gasteiger partial charge in [-0.05, 0) is 18.1 Å². The van der Waals surface area contributed by atoms with E-state index < -0.39 is 15.6 Å². The average molecular weight is 393 g/mol. The smallest absolute Gasteiger partial charge is 0.211 e. The Kier molecular flexibility index (Phi) is 5.29. The summed E-state index contributed by atoms with van der Waals surface area (Å²) in [6, 6.07) is 7.80. The second-order valence-electron chi connectivity index (χ2n) is 7.90. The summed E-state index contributed by atoms with van der Waals surface area (Å²) in [5.74, 6) is 0.820. The number of hydrogen-bond acceptors (Lipinski definition) is 5. The molecule has 148 valence electrons. The minimum atomic E-state index is -3.29. The molecule has 1 fully saturated rings. The van der Waals surface area contributed by atoms with Gasteiger partial charge in [0.1, 0.15) is 11.4 Å². The fourth-order valence-corrected chi connectivity index (χ4v) is 5.03. The Labute approximate surface area is 161 Å². The topological polar surface area (TPSA) is 59.1 Å². The van der Waals surface area contributed by atoms with Crippen molar-refractivity contribution in [2.24, 2.45) is 0 Å². The van der Waals surface area contributed by atoms with Gasteiger partial charge in [0.05, 0.1) is 26.0 Å². The Hall–Kier alpha value is -1.41. The van der Waals surface area contributed by atoms with Crippen LogP contribution in [-0.4, -0.2) is 68.9 Å². The maximum Gasteiger partial charge on any atom is 0.211 e.